The van der Waals surface area contributed by atoms with Gasteiger partial charge < -0.3 is 15.0 Å². The smallest absolute Gasteiger partial charge is 0.311 e. The monoisotopic (exact) mass is 442 g/mol. The van der Waals surface area contributed by atoms with Gasteiger partial charge in [-0.2, -0.15) is 0 Å². The SMILES string of the molecule is Cc1ccc(N2C[C@@H](C(=O)OCC(=O)Nc3cccc([N+](=O)[O-])c3)CC2=O)cc1[N+](=O)[O-]. The molecule has 2 aromatic rings. The quantitative estimate of drug-likeness (QED) is 0.388. The number of carbonyl (C=O) groups excluding carboxylic acids is 3. The molecular weight excluding hydrogens is 424 g/mol. The van der Waals surface area contributed by atoms with Crippen molar-refractivity contribution < 1.29 is 29.0 Å². The molecule has 2 aromatic carbocycles. The maximum atomic E-state index is 12.3. The molecule has 1 N–H and O–H groups in total. The molecule has 12 nitrogen and oxygen atoms in total. The van der Waals surface area contributed by atoms with E-state index in [-0.39, 0.29) is 30.0 Å². The minimum absolute atomic E-state index is 0.0373. The zero-order chi connectivity index (χ0) is 23.4. The van der Waals surface area contributed by atoms with E-state index < -0.39 is 40.2 Å². The predicted molar refractivity (Wildman–Crippen MR) is 111 cm³/mol. The molecule has 1 aliphatic rings. The van der Waals surface area contributed by atoms with Gasteiger partial charge in [-0.05, 0) is 19.1 Å². The largest absolute Gasteiger partial charge is 0.455 e. The number of benzene rings is 2. The van der Waals surface area contributed by atoms with Crippen molar-refractivity contribution >= 4 is 40.5 Å². The average Bonchev–Trinajstić information content (AvgIpc) is 3.14. The highest BCUT2D eigenvalue weighted by Gasteiger charge is 2.37. The molecule has 2 amide bonds. The van der Waals surface area contributed by atoms with Crippen LogP contribution in [0, 0.1) is 33.1 Å². The van der Waals surface area contributed by atoms with Crippen LogP contribution in [0.15, 0.2) is 42.5 Å². The van der Waals surface area contributed by atoms with E-state index in [4.69, 9.17) is 4.74 Å². The van der Waals surface area contributed by atoms with E-state index in [1.165, 1.54) is 35.2 Å². The molecule has 1 aliphatic heterocycles. The van der Waals surface area contributed by atoms with Gasteiger partial charge in [-0.1, -0.05) is 12.1 Å². The fraction of sp³-hybridized carbons (Fsp3) is 0.250. The van der Waals surface area contributed by atoms with Crippen LogP contribution in [-0.2, 0) is 19.1 Å². The van der Waals surface area contributed by atoms with E-state index in [2.05, 4.69) is 5.32 Å². The number of hydrogen-bond donors (Lipinski definition) is 1. The van der Waals surface area contributed by atoms with Crippen molar-refractivity contribution in [1.82, 2.24) is 0 Å². The second-order valence-corrected chi connectivity index (χ2v) is 7.10. The summed E-state index contributed by atoms with van der Waals surface area (Å²) in [4.78, 5) is 58.7. The number of nitro benzene ring substituents is 2. The molecule has 0 radical (unpaired) electrons. The number of aryl methyl sites for hydroxylation is 1. The molecule has 1 saturated heterocycles. The Balaban J connectivity index is 1.57. The maximum Gasteiger partial charge on any atom is 0.311 e. The highest BCUT2D eigenvalue weighted by molar-refractivity contribution is 6.00. The Hall–Kier alpha value is -4.35. The summed E-state index contributed by atoms with van der Waals surface area (Å²) in [7, 11) is 0. The third-order valence-corrected chi connectivity index (χ3v) is 4.85. The molecule has 0 aromatic heterocycles. The highest BCUT2D eigenvalue weighted by Crippen LogP contribution is 2.30. The molecule has 12 heteroatoms. The van der Waals surface area contributed by atoms with E-state index in [0.29, 0.717) is 11.3 Å². The number of nitrogens with one attached hydrogen (secondary N) is 1. The lowest BCUT2D eigenvalue weighted by atomic mass is 10.1. The zero-order valence-electron chi connectivity index (χ0n) is 16.8. The van der Waals surface area contributed by atoms with Gasteiger partial charge in [-0.25, -0.2) is 0 Å². The van der Waals surface area contributed by atoms with Gasteiger partial charge in [0.05, 0.1) is 21.5 Å². The first-order chi connectivity index (χ1) is 15.2. The Morgan fingerprint density at radius 1 is 1.16 bits per heavy atom. The fourth-order valence-electron chi connectivity index (χ4n) is 3.23. The number of carbonyl (C=O) groups is 3. The van der Waals surface area contributed by atoms with Crippen LogP contribution >= 0.6 is 0 Å². The number of esters is 1. The van der Waals surface area contributed by atoms with Gasteiger partial charge in [0, 0.05) is 42.4 Å². The number of ether oxygens (including phenoxy) is 1. The van der Waals surface area contributed by atoms with Crippen molar-refractivity contribution in [2.75, 3.05) is 23.4 Å². The van der Waals surface area contributed by atoms with E-state index in [0.717, 1.165) is 6.07 Å². The Labute approximate surface area is 181 Å². The number of anilines is 2. The van der Waals surface area contributed by atoms with Crippen molar-refractivity contribution in [3.05, 3.63) is 68.3 Å². The number of nitrogens with zero attached hydrogens (tertiary/aromatic N) is 3. The van der Waals surface area contributed by atoms with E-state index >= 15 is 0 Å². The zero-order valence-corrected chi connectivity index (χ0v) is 16.8. The summed E-state index contributed by atoms with van der Waals surface area (Å²) in [5.41, 5.74) is 0.561. The molecular formula is C20H18N4O8. The van der Waals surface area contributed by atoms with Gasteiger partial charge in [-0.15, -0.1) is 0 Å². The molecule has 1 fully saturated rings. The summed E-state index contributed by atoms with van der Waals surface area (Å²) in [6.45, 7) is 0.902. The maximum absolute atomic E-state index is 12.3. The first-order valence-corrected chi connectivity index (χ1v) is 9.42. The van der Waals surface area contributed by atoms with Crippen molar-refractivity contribution in [1.29, 1.82) is 0 Å². The van der Waals surface area contributed by atoms with Crippen LogP contribution in [0.4, 0.5) is 22.7 Å². The van der Waals surface area contributed by atoms with Crippen molar-refractivity contribution in [3.63, 3.8) is 0 Å². The molecule has 0 saturated carbocycles. The first-order valence-electron chi connectivity index (χ1n) is 9.42. The Morgan fingerprint density at radius 3 is 2.59 bits per heavy atom. The summed E-state index contributed by atoms with van der Waals surface area (Å²) < 4.78 is 4.98. The van der Waals surface area contributed by atoms with E-state index in [1.54, 1.807) is 13.0 Å². The molecule has 0 unspecified atom stereocenters. The molecule has 1 heterocycles. The van der Waals surface area contributed by atoms with Gasteiger partial charge in [0.15, 0.2) is 6.61 Å². The molecule has 166 valence electrons. The summed E-state index contributed by atoms with van der Waals surface area (Å²) in [5.74, 6) is -2.70. The molecule has 1 atom stereocenters. The summed E-state index contributed by atoms with van der Waals surface area (Å²) in [5, 5.41) is 24.3. The van der Waals surface area contributed by atoms with Crippen LogP contribution in [0.5, 0.6) is 0 Å². The van der Waals surface area contributed by atoms with Crippen LogP contribution < -0.4 is 10.2 Å². The Kier molecular flexibility index (Phi) is 6.42. The van der Waals surface area contributed by atoms with Crippen LogP contribution in [0.1, 0.15) is 12.0 Å². The van der Waals surface area contributed by atoms with Gasteiger partial charge in [0.2, 0.25) is 5.91 Å². The van der Waals surface area contributed by atoms with Crippen LogP contribution in [-0.4, -0.2) is 40.8 Å². The summed E-state index contributed by atoms with van der Waals surface area (Å²) in [6.07, 6.45) is -0.160. The van der Waals surface area contributed by atoms with Gasteiger partial charge in [0.1, 0.15) is 0 Å². The lowest BCUT2D eigenvalue weighted by Gasteiger charge is -2.16. The second kappa shape index (κ2) is 9.20. The third-order valence-electron chi connectivity index (χ3n) is 4.85. The van der Waals surface area contributed by atoms with Crippen molar-refractivity contribution in [3.8, 4) is 0 Å². The summed E-state index contributed by atoms with van der Waals surface area (Å²) in [6, 6.07) is 9.61. The van der Waals surface area contributed by atoms with Crippen LogP contribution in [0.25, 0.3) is 0 Å². The molecule has 0 aliphatic carbocycles. The topological polar surface area (TPSA) is 162 Å². The predicted octanol–water partition coefficient (Wildman–Crippen LogP) is 2.35. The molecule has 32 heavy (non-hydrogen) atoms. The standard InChI is InChI=1S/C20H18N4O8/c1-12-5-6-15(9-17(12)24(30)31)22-10-13(7-19(22)26)20(27)32-11-18(25)21-14-3-2-4-16(8-14)23(28)29/h2-6,8-9,13H,7,10-11H2,1H3,(H,21,25)/t13-/m0/s1. The highest BCUT2D eigenvalue weighted by atomic mass is 16.6. The average molecular weight is 442 g/mol. The lowest BCUT2D eigenvalue weighted by Crippen LogP contribution is -2.28. The van der Waals surface area contributed by atoms with Gasteiger partial charge in [0.25, 0.3) is 17.3 Å². The third kappa shape index (κ3) is 5.03. The number of rotatable bonds is 7. The van der Waals surface area contributed by atoms with Crippen LogP contribution in [0.3, 0.4) is 0 Å². The normalized spacial score (nSPS) is 15.3. The van der Waals surface area contributed by atoms with E-state index in [9.17, 15) is 34.6 Å². The molecule has 0 bridgehead atoms. The Morgan fingerprint density at radius 2 is 1.91 bits per heavy atom. The van der Waals surface area contributed by atoms with Crippen LogP contribution in [0.2, 0.25) is 0 Å². The molecule has 0 spiro atoms. The van der Waals surface area contributed by atoms with Gasteiger partial charge >= 0.3 is 5.97 Å². The molecule has 3 rings (SSSR count). The van der Waals surface area contributed by atoms with Crippen molar-refractivity contribution in [2.24, 2.45) is 5.92 Å². The number of amides is 2. The first kappa shape index (κ1) is 22.3. The summed E-state index contributed by atoms with van der Waals surface area (Å²) >= 11 is 0. The minimum atomic E-state index is -0.839. The van der Waals surface area contributed by atoms with Crippen molar-refractivity contribution in [2.45, 2.75) is 13.3 Å². The van der Waals surface area contributed by atoms with E-state index in [1.807, 2.05) is 0 Å². The number of non-ortho nitro benzene ring substituents is 1. The van der Waals surface area contributed by atoms with Gasteiger partial charge in [-0.3, -0.25) is 34.6 Å². The fourth-order valence-corrected chi connectivity index (χ4v) is 3.23. The second-order valence-electron chi connectivity index (χ2n) is 7.10. The lowest BCUT2D eigenvalue weighted by molar-refractivity contribution is -0.385. The number of hydrogen-bond acceptors (Lipinski definition) is 8. The number of nitro groups is 2. The Bertz CT molecular complexity index is 1120. The minimum Gasteiger partial charge on any atom is -0.455 e.